The highest BCUT2D eigenvalue weighted by atomic mass is 19.1. The summed E-state index contributed by atoms with van der Waals surface area (Å²) in [5.74, 6) is -0.649. The molecule has 0 aliphatic rings. The van der Waals surface area contributed by atoms with Crippen molar-refractivity contribution >= 4 is 11.6 Å². The second-order valence-electron chi connectivity index (χ2n) is 4.51. The number of hydrogen-bond donors (Lipinski definition) is 2. The van der Waals surface area contributed by atoms with E-state index in [-0.39, 0.29) is 11.7 Å². The quantitative estimate of drug-likeness (QED) is 0.772. The van der Waals surface area contributed by atoms with Crippen molar-refractivity contribution in [3.05, 3.63) is 72.2 Å². The zero-order chi connectivity index (χ0) is 14.7. The molecule has 0 saturated heterocycles. The van der Waals surface area contributed by atoms with E-state index in [1.807, 2.05) is 24.3 Å². The third-order valence-electron chi connectivity index (χ3n) is 3.04. The Morgan fingerprint density at radius 3 is 2.62 bits per heavy atom. The van der Waals surface area contributed by atoms with Crippen LogP contribution in [0.1, 0.15) is 10.4 Å². The lowest BCUT2D eigenvalue weighted by Gasteiger charge is -2.07. The van der Waals surface area contributed by atoms with Gasteiger partial charge in [0.05, 0.1) is 5.69 Å². The fraction of sp³-hybridized carbons (Fsp3) is 0. The molecule has 1 heterocycles. The molecule has 3 aromatic rings. The Morgan fingerprint density at radius 2 is 1.90 bits per heavy atom. The normalized spacial score (nSPS) is 10.3. The average Bonchev–Trinajstić information content (AvgIpc) is 3.02. The van der Waals surface area contributed by atoms with E-state index in [0.717, 1.165) is 11.3 Å². The minimum absolute atomic E-state index is 0.281. The molecule has 0 unspecified atom stereocenters. The van der Waals surface area contributed by atoms with Crippen LogP contribution in [0, 0.1) is 5.82 Å². The molecular formula is C16H12FN3O. The van der Waals surface area contributed by atoms with Crippen LogP contribution in [0.5, 0.6) is 0 Å². The summed E-state index contributed by atoms with van der Waals surface area (Å²) in [6.07, 6.45) is 1.67. The molecule has 2 N–H and O–H groups in total. The summed E-state index contributed by atoms with van der Waals surface area (Å²) in [5.41, 5.74) is 2.86. The maximum absolute atomic E-state index is 12.8. The van der Waals surface area contributed by atoms with Gasteiger partial charge in [0.1, 0.15) is 5.82 Å². The monoisotopic (exact) mass is 281 g/mol. The van der Waals surface area contributed by atoms with Crippen molar-refractivity contribution in [1.82, 2.24) is 10.2 Å². The highest BCUT2D eigenvalue weighted by molar-refractivity contribution is 6.04. The minimum Gasteiger partial charge on any atom is -0.322 e. The molecular weight excluding hydrogens is 269 g/mol. The van der Waals surface area contributed by atoms with Crippen LogP contribution in [0.4, 0.5) is 10.1 Å². The van der Waals surface area contributed by atoms with E-state index in [4.69, 9.17) is 0 Å². The number of halogens is 1. The molecule has 1 aromatic heterocycles. The first kappa shape index (κ1) is 13.1. The third-order valence-corrected chi connectivity index (χ3v) is 3.04. The van der Waals surface area contributed by atoms with Gasteiger partial charge in [-0.1, -0.05) is 12.1 Å². The largest absolute Gasteiger partial charge is 0.322 e. The predicted molar refractivity (Wildman–Crippen MR) is 78.4 cm³/mol. The van der Waals surface area contributed by atoms with E-state index in [2.05, 4.69) is 15.5 Å². The summed E-state index contributed by atoms with van der Waals surface area (Å²) >= 11 is 0. The Hall–Kier alpha value is -2.95. The summed E-state index contributed by atoms with van der Waals surface area (Å²) < 4.78 is 12.8. The van der Waals surface area contributed by atoms with Crippen LogP contribution < -0.4 is 5.32 Å². The highest BCUT2D eigenvalue weighted by Crippen LogP contribution is 2.20. The summed E-state index contributed by atoms with van der Waals surface area (Å²) in [6, 6.07) is 14.7. The van der Waals surface area contributed by atoms with Crippen molar-refractivity contribution in [3.8, 4) is 11.3 Å². The summed E-state index contributed by atoms with van der Waals surface area (Å²) in [5, 5.41) is 9.55. The molecule has 0 aliphatic heterocycles. The molecule has 21 heavy (non-hydrogen) atoms. The Bertz CT molecular complexity index is 751. The van der Waals surface area contributed by atoms with Gasteiger partial charge in [0.25, 0.3) is 5.91 Å². The summed E-state index contributed by atoms with van der Waals surface area (Å²) in [4.78, 5) is 12.1. The number of benzene rings is 2. The molecule has 0 spiro atoms. The van der Waals surface area contributed by atoms with Gasteiger partial charge in [-0.2, -0.15) is 5.10 Å². The fourth-order valence-electron chi connectivity index (χ4n) is 1.99. The van der Waals surface area contributed by atoms with Crippen molar-refractivity contribution in [1.29, 1.82) is 0 Å². The molecule has 0 saturated carbocycles. The van der Waals surface area contributed by atoms with Crippen LogP contribution >= 0.6 is 0 Å². The van der Waals surface area contributed by atoms with E-state index in [1.54, 1.807) is 12.3 Å². The van der Waals surface area contributed by atoms with Gasteiger partial charge in [-0.15, -0.1) is 0 Å². The number of nitrogens with zero attached hydrogens (tertiary/aromatic N) is 1. The third kappa shape index (κ3) is 2.97. The molecule has 1 amide bonds. The van der Waals surface area contributed by atoms with E-state index < -0.39 is 0 Å². The van der Waals surface area contributed by atoms with Gasteiger partial charge < -0.3 is 5.32 Å². The van der Waals surface area contributed by atoms with Gasteiger partial charge in [-0.25, -0.2) is 4.39 Å². The van der Waals surface area contributed by atoms with Crippen LogP contribution in [0.2, 0.25) is 0 Å². The van der Waals surface area contributed by atoms with Crippen molar-refractivity contribution in [2.75, 3.05) is 5.32 Å². The van der Waals surface area contributed by atoms with Crippen molar-refractivity contribution < 1.29 is 9.18 Å². The molecule has 2 aromatic carbocycles. The topological polar surface area (TPSA) is 57.8 Å². The number of aromatic amines is 1. The maximum Gasteiger partial charge on any atom is 0.255 e. The molecule has 0 aliphatic carbocycles. The Labute approximate surface area is 120 Å². The molecule has 0 atom stereocenters. The number of H-pyrrole nitrogens is 1. The van der Waals surface area contributed by atoms with E-state index in [9.17, 15) is 9.18 Å². The van der Waals surface area contributed by atoms with E-state index in [1.165, 1.54) is 24.3 Å². The molecule has 3 rings (SSSR count). The Balaban J connectivity index is 1.80. The number of rotatable bonds is 3. The van der Waals surface area contributed by atoms with Crippen LogP contribution in [0.15, 0.2) is 60.8 Å². The standard InChI is InChI=1S/C16H12FN3O/c17-13-6-4-11(5-7-13)16(21)19-14-3-1-2-12(10-14)15-8-9-18-20-15/h1-10H,(H,18,20)(H,19,21). The predicted octanol–water partition coefficient (Wildman–Crippen LogP) is 3.47. The number of anilines is 1. The van der Waals surface area contributed by atoms with Gasteiger partial charge in [0.2, 0.25) is 0 Å². The lowest BCUT2D eigenvalue weighted by atomic mass is 10.1. The fourth-order valence-corrected chi connectivity index (χ4v) is 1.99. The van der Waals surface area contributed by atoms with Gasteiger partial charge in [0, 0.05) is 23.0 Å². The Morgan fingerprint density at radius 1 is 1.10 bits per heavy atom. The van der Waals surface area contributed by atoms with Gasteiger partial charge in [-0.05, 0) is 42.5 Å². The zero-order valence-electron chi connectivity index (χ0n) is 11.0. The molecule has 0 fully saturated rings. The van der Waals surface area contributed by atoms with Crippen molar-refractivity contribution in [3.63, 3.8) is 0 Å². The maximum atomic E-state index is 12.8. The van der Waals surface area contributed by atoms with E-state index in [0.29, 0.717) is 11.3 Å². The smallest absolute Gasteiger partial charge is 0.255 e. The second-order valence-corrected chi connectivity index (χ2v) is 4.51. The molecule has 104 valence electrons. The van der Waals surface area contributed by atoms with Crippen molar-refractivity contribution in [2.45, 2.75) is 0 Å². The van der Waals surface area contributed by atoms with Crippen LogP contribution in [0.25, 0.3) is 11.3 Å². The van der Waals surface area contributed by atoms with Crippen molar-refractivity contribution in [2.24, 2.45) is 0 Å². The Kier molecular flexibility index (Phi) is 3.47. The first-order valence-corrected chi connectivity index (χ1v) is 6.39. The average molecular weight is 281 g/mol. The molecule has 0 radical (unpaired) electrons. The summed E-state index contributed by atoms with van der Waals surface area (Å²) in [6.45, 7) is 0. The number of hydrogen-bond acceptors (Lipinski definition) is 2. The van der Waals surface area contributed by atoms with Gasteiger partial charge in [-0.3, -0.25) is 9.89 Å². The zero-order valence-corrected chi connectivity index (χ0v) is 11.0. The van der Waals surface area contributed by atoms with Crippen LogP contribution in [0.3, 0.4) is 0 Å². The highest BCUT2D eigenvalue weighted by Gasteiger charge is 2.07. The lowest BCUT2D eigenvalue weighted by Crippen LogP contribution is -2.11. The number of carbonyl (C=O) groups is 1. The van der Waals surface area contributed by atoms with Gasteiger partial charge >= 0.3 is 0 Å². The number of nitrogens with one attached hydrogen (secondary N) is 2. The number of amides is 1. The molecule has 0 bridgehead atoms. The molecule has 5 heteroatoms. The lowest BCUT2D eigenvalue weighted by molar-refractivity contribution is 0.102. The van der Waals surface area contributed by atoms with Gasteiger partial charge in [0.15, 0.2) is 0 Å². The molecule has 4 nitrogen and oxygen atoms in total. The first-order chi connectivity index (χ1) is 10.2. The number of carbonyl (C=O) groups excluding carboxylic acids is 1. The first-order valence-electron chi connectivity index (χ1n) is 6.39. The minimum atomic E-state index is -0.368. The summed E-state index contributed by atoms with van der Waals surface area (Å²) in [7, 11) is 0. The SMILES string of the molecule is O=C(Nc1cccc(-c2ccn[nH]2)c1)c1ccc(F)cc1. The van der Waals surface area contributed by atoms with Crippen LogP contribution in [-0.4, -0.2) is 16.1 Å². The number of aromatic nitrogens is 2. The second kappa shape index (κ2) is 5.58. The van der Waals surface area contributed by atoms with E-state index >= 15 is 0 Å². The van der Waals surface area contributed by atoms with Crippen LogP contribution in [-0.2, 0) is 0 Å².